The predicted molar refractivity (Wildman–Crippen MR) is 56.7 cm³/mol. The van der Waals surface area contributed by atoms with Crippen LogP contribution in [0.15, 0.2) is 39.7 Å². The first-order valence-corrected chi connectivity index (χ1v) is 4.73. The van der Waals surface area contributed by atoms with Gasteiger partial charge in [0.1, 0.15) is 6.61 Å². The second-order valence-electron chi connectivity index (χ2n) is 3.08. The van der Waals surface area contributed by atoms with Crippen LogP contribution in [0.3, 0.4) is 0 Å². The predicted octanol–water partition coefficient (Wildman–Crippen LogP) is 1.56. The number of benzene rings is 1. The second-order valence-corrected chi connectivity index (χ2v) is 3.08. The molecule has 0 radical (unpaired) electrons. The van der Waals surface area contributed by atoms with Gasteiger partial charge in [0, 0.05) is 6.20 Å². The highest BCUT2D eigenvalue weighted by atomic mass is 16.5. The summed E-state index contributed by atoms with van der Waals surface area (Å²) in [7, 11) is 1.57. The molecule has 0 amide bonds. The minimum Gasteiger partial charge on any atom is -0.493 e. The van der Waals surface area contributed by atoms with Crippen molar-refractivity contribution in [3.8, 4) is 11.5 Å². The number of hydrogen-bond acceptors (Lipinski definition) is 4. The molecule has 1 N–H and O–H groups in total. The molecule has 0 spiro atoms. The number of para-hydroxylation sites is 2. The van der Waals surface area contributed by atoms with Gasteiger partial charge in [-0.05, 0) is 12.1 Å². The average Bonchev–Trinajstić information content (AvgIpc) is 2.73. The van der Waals surface area contributed by atoms with Crippen molar-refractivity contribution in [3.05, 3.63) is 46.8 Å². The van der Waals surface area contributed by atoms with E-state index in [0.29, 0.717) is 17.3 Å². The molecule has 2 aromatic rings. The van der Waals surface area contributed by atoms with Gasteiger partial charge < -0.3 is 13.9 Å². The van der Waals surface area contributed by atoms with Crippen LogP contribution >= 0.6 is 0 Å². The SMILES string of the molecule is COc1ccccc1OCc1c[nH]c(=O)o1. The Hall–Kier alpha value is -2.17. The summed E-state index contributed by atoms with van der Waals surface area (Å²) in [5, 5.41) is 0. The van der Waals surface area contributed by atoms with Crippen molar-refractivity contribution < 1.29 is 13.9 Å². The molecular weight excluding hydrogens is 210 g/mol. The van der Waals surface area contributed by atoms with Gasteiger partial charge in [-0.25, -0.2) is 4.79 Å². The number of nitrogens with one attached hydrogen (secondary N) is 1. The molecule has 0 aliphatic rings. The van der Waals surface area contributed by atoms with Crippen LogP contribution in [0.1, 0.15) is 5.76 Å². The van der Waals surface area contributed by atoms with Gasteiger partial charge in [-0.15, -0.1) is 0 Å². The number of H-pyrrole nitrogens is 1. The first-order valence-electron chi connectivity index (χ1n) is 4.73. The van der Waals surface area contributed by atoms with Crippen LogP contribution in [0.4, 0.5) is 0 Å². The molecule has 16 heavy (non-hydrogen) atoms. The molecular formula is C11H11NO4. The van der Waals surface area contributed by atoms with E-state index in [9.17, 15) is 4.79 Å². The number of aromatic nitrogens is 1. The molecule has 1 aromatic carbocycles. The smallest absolute Gasteiger partial charge is 0.416 e. The average molecular weight is 221 g/mol. The third kappa shape index (κ3) is 2.25. The molecule has 0 aliphatic carbocycles. The van der Waals surface area contributed by atoms with Gasteiger partial charge in [0.25, 0.3) is 0 Å². The van der Waals surface area contributed by atoms with E-state index in [4.69, 9.17) is 13.9 Å². The van der Waals surface area contributed by atoms with E-state index < -0.39 is 5.76 Å². The molecule has 2 rings (SSSR count). The van der Waals surface area contributed by atoms with Gasteiger partial charge in [-0.1, -0.05) is 12.1 Å². The van der Waals surface area contributed by atoms with E-state index in [0.717, 1.165) is 0 Å². The molecule has 0 unspecified atom stereocenters. The van der Waals surface area contributed by atoms with Gasteiger partial charge in [-0.3, -0.25) is 4.98 Å². The zero-order valence-electron chi connectivity index (χ0n) is 8.73. The second kappa shape index (κ2) is 4.57. The quantitative estimate of drug-likeness (QED) is 0.850. The summed E-state index contributed by atoms with van der Waals surface area (Å²) < 4.78 is 15.4. The molecule has 5 nitrogen and oxygen atoms in total. The Morgan fingerprint density at radius 3 is 2.69 bits per heavy atom. The molecule has 0 saturated heterocycles. The summed E-state index contributed by atoms with van der Waals surface area (Å²) in [6.45, 7) is 0.180. The van der Waals surface area contributed by atoms with E-state index in [1.807, 2.05) is 12.1 Å². The Morgan fingerprint density at radius 1 is 1.31 bits per heavy atom. The highest BCUT2D eigenvalue weighted by Gasteiger charge is 2.04. The van der Waals surface area contributed by atoms with Crippen LogP contribution in [0, 0.1) is 0 Å². The highest BCUT2D eigenvalue weighted by Crippen LogP contribution is 2.26. The van der Waals surface area contributed by atoms with Gasteiger partial charge in [0.15, 0.2) is 17.3 Å². The molecule has 0 saturated carbocycles. The van der Waals surface area contributed by atoms with Crippen LogP contribution in [0.2, 0.25) is 0 Å². The van der Waals surface area contributed by atoms with Crippen molar-refractivity contribution in [2.45, 2.75) is 6.61 Å². The molecule has 1 heterocycles. The van der Waals surface area contributed by atoms with Crippen molar-refractivity contribution in [1.82, 2.24) is 4.98 Å². The number of ether oxygens (including phenoxy) is 2. The van der Waals surface area contributed by atoms with Crippen molar-refractivity contribution >= 4 is 0 Å². The van der Waals surface area contributed by atoms with Gasteiger partial charge in [0.2, 0.25) is 0 Å². The van der Waals surface area contributed by atoms with Gasteiger partial charge in [-0.2, -0.15) is 0 Å². The number of aromatic amines is 1. The number of methoxy groups -OCH3 is 1. The van der Waals surface area contributed by atoms with Crippen molar-refractivity contribution in [2.24, 2.45) is 0 Å². The molecule has 84 valence electrons. The van der Waals surface area contributed by atoms with Gasteiger partial charge >= 0.3 is 5.76 Å². The normalized spacial score (nSPS) is 10.1. The number of oxazole rings is 1. The summed E-state index contributed by atoms with van der Waals surface area (Å²) in [6.07, 6.45) is 1.47. The Bertz CT molecular complexity index is 514. The summed E-state index contributed by atoms with van der Waals surface area (Å²) in [5.41, 5.74) is 0. The Balaban J connectivity index is 2.07. The minimum atomic E-state index is -0.487. The fourth-order valence-corrected chi connectivity index (χ4v) is 1.28. The van der Waals surface area contributed by atoms with Crippen molar-refractivity contribution in [2.75, 3.05) is 7.11 Å². The third-order valence-electron chi connectivity index (χ3n) is 2.01. The lowest BCUT2D eigenvalue weighted by Gasteiger charge is -2.08. The molecule has 1 aromatic heterocycles. The lowest BCUT2D eigenvalue weighted by atomic mass is 10.3. The molecule has 0 atom stereocenters. The summed E-state index contributed by atoms with van der Waals surface area (Å²) in [5.74, 6) is 1.20. The zero-order chi connectivity index (χ0) is 11.4. The first-order chi connectivity index (χ1) is 7.79. The monoisotopic (exact) mass is 221 g/mol. The maximum absolute atomic E-state index is 10.7. The zero-order valence-corrected chi connectivity index (χ0v) is 8.73. The number of hydrogen-bond donors (Lipinski definition) is 1. The molecule has 0 bridgehead atoms. The molecule has 5 heteroatoms. The fourth-order valence-electron chi connectivity index (χ4n) is 1.28. The van der Waals surface area contributed by atoms with Crippen molar-refractivity contribution in [1.29, 1.82) is 0 Å². The summed E-state index contributed by atoms with van der Waals surface area (Å²) in [6, 6.07) is 7.26. The standard InChI is InChI=1S/C11H11NO4/c1-14-9-4-2-3-5-10(9)15-7-8-6-12-11(13)16-8/h2-6H,7H2,1H3,(H,12,13). The van der Waals surface area contributed by atoms with Crippen molar-refractivity contribution in [3.63, 3.8) is 0 Å². The Morgan fingerprint density at radius 2 is 2.06 bits per heavy atom. The van der Waals surface area contributed by atoms with Crippen LogP contribution < -0.4 is 15.2 Å². The Labute approximate surface area is 91.6 Å². The van der Waals surface area contributed by atoms with E-state index in [2.05, 4.69) is 4.98 Å². The molecule has 0 fully saturated rings. The number of rotatable bonds is 4. The Kier molecular flexibility index (Phi) is 2.95. The minimum absolute atomic E-state index is 0.180. The van der Waals surface area contributed by atoms with E-state index >= 15 is 0 Å². The summed E-state index contributed by atoms with van der Waals surface area (Å²) in [4.78, 5) is 13.1. The van der Waals surface area contributed by atoms with E-state index in [1.54, 1.807) is 19.2 Å². The fraction of sp³-hybridized carbons (Fsp3) is 0.182. The topological polar surface area (TPSA) is 64.5 Å². The van der Waals surface area contributed by atoms with Crippen LogP contribution in [-0.2, 0) is 6.61 Å². The largest absolute Gasteiger partial charge is 0.493 e. The highest BCUT2D eigenvalue weighted by molar-refractivity contribution is 5.39. The maximum Gasteiger partial charge on any atom is 0.416 e. The van der Waals surface area contributed by atoms with E-state index in [-0.39, 0.29) is 6.61 Å². The lowest BCUT2D eigenvalue weighted by Crippen LogP contribution is -1.97. The van der Waals surface area contributed by atoms with Crippen LogP contribution in [0.25, 0.3) is 0 Å². The van der Waals surface area contributed by atoms with E-state index in [1.165, 1.54) is 6.20 Å². The third-order valence-corrected chi connectivity index (χ3v) is 2.01. The van der Waals surface area contributed by atoms with Crippen LogP contribution in [-0.4, -0.2) is 12.1 Å². The lowest BCUT2D eigenvalue weighted by molar-refractivity contribution is 0.253. The maximum atomic E-state index is 10.7. The first kappa shape index (κ1) is 10.4. The summed E-state index contributed by atoms with van der Waals surface area (Å²) >= 11 is 0. The van der Waals surface area contributed by atoms with Crippen LogP contribution in [0.5, 0.6) is 11.5 Å². The van der Waals surface area contributed by atoms with Gasteiger partial charge in [0.05, 0.1) is 7.11 Å². The molecule has 0 aliphatic heterocycles.